The molecule has 0 spiro atoms. The molecular weight excluding hydrogens is 240 g/mol. The van der Waals surface area contributed by atoms with Crippen molar-refractivity contribution in [2.45, 2.75) is 44.8 Å². The Hall–Kier alpha value is 0.120. The number of rotatable bonds is 3. The van der Waals surface area contributed by atoms with Crippen LogP contribution in [0.25, 0.3) is 0 Å². The number of nitrogens with zero attached hydrogens (tertiary/aromatic N) is 1. The van der Waals surface area contributed by atoms with E-state index in [2.05, 4.69) is 4.72 Å². The first-order valence-electron chi connectivity index (χ1n) is 4.75. The first-order valence-corrected chi connectivity index (χ1v) is 6.93. The average molecular weight is 257 g/mol. The zero-order chi connectivity index (χ0) is 11.9. The molecule has 0 bridgehead atoms. The highest BCUT2D eigenvalue weighted by Gasteiger charge is 2.46. The summed E-state index contributed by atoms with van der Waals surface area (Å²) >= 11 is 5.31. The van der Waals surface area contributed by atoms with Gasteiger partial charge in [-0.3, -0.25) is 0 Å². The third kappa shape index (κ3) is 2.62. The van der Waals surface area contributed by atoms with E-state index in [9.17, 15) is 13.6 Å². The maximum absolute atomic E-state index is 11.3. The van der Waals surface area contributed by atoms with E-state index in [0.29, 0.717) is 6.42 Å². The van der Waals surface area contributed by atoms with E-state index < -0.39 is 20.8 Å². The first kappa shape index (κ1) is 13.2. The lowest BCUT2D eigenvalue weighted by Gasteiger charge is -2.32. The summed E-state index contributed by atoms with van der Waals surface area (Å²) in [6.07, 6.45) is 0.569. The Labute approximate surface area is 95.4 Å². The van der Waals surface area contributed by atoms with Crippen molar-refractivity contribution >= 4 is 21.6 Å². The smallest absolute Gasteiger partial charge is 0.225 e. The zero-order valence-corrected chi connectivity index (χ0v) is 10.6. The third-order valence-electron chi connectivity index (χ3n) is 2.90. The molecule has 0 radical (unpaired) electrons. The number of hydrogen-bond acceptors (Lipinski definition) is 4. The van der Waals surface area contributed by atoms with Gasteiger partial charge < -0.3 is 5.21 Å². The molecule has 1 heterocycles. The monoisotopic (exact) mass is 256 g/mol. The van der Waals surface area contributed by atoms with Gasteiger partial charge in [0.1, 0.15) is 5.21 Å². The van der Waals surface area contributed by atoms with E-state index in [0.717, 1.165) is 0 Å². The first-order chi connectivity index (χ1) is 6.70. The standard InChI is InChI=1S/C8H17ClN2O3S/c1-6-4-7(8(2,3)11(6)12)10-15(13,14)5-9/h6-7,10,12H,4-5H2,1-3H3. The van der Waals surface area contributed by atoms with Crippen LogP contribution in [0.5, 0.6) is 0 Å². The van der Waals surface area contributed by atoms with Gasteiger partial charge in [0.15, 0.2) is 0 Å². The summed E-state index contributed by atoms with van der Waals surface area (Å²) in [6.45, 7) is 5.42. The molecule has 1 aliphatic heterocycles. The number of alkyl halides is 1. The van der Waals surface area contributed by atoms with Gasteiger partial charge in [-0.1, -0.05) is 0 Å². The van der Waals surface area contributed by atoms with Crippen LogP contribution in [-0.2, 0) is 10.0 Å². The molecule has 2 N–H and O–H groups in total. The lowest BCUT2D eigenvalue weighted by Crippen LogP contribution is -2.51. The van der Waals surface area contributed by atoms with Crippen LogP contribution in [0.4, 0.5) is 0 Å². The normalized spacial score (nSPS) is 32.1. The minimum atomic E-state index is -3.44. The minimum Gasteiger partial charge on any atom is -0.313 e. The summed E-state index contributed by atoms with van der Waals surface area (Å²) in [5.41, 5.74) is -0.613. The van der Waals surface area contributed by atoms with Crippen LogP contribution in [0.1, 0.15) is 27.2 Å². The second kappa shape index (κ2) is 4.18. The number of halogens is 1. The number of sulfonamides is 1. The molecule has 2 atom stereocenters. The quantitative estimate of drug-likeness (QED) is 0.731. The molecule has 0 amide bonds. The average Bonchev–Trinajstić information content (AvgIpc) is 2.30. The van der Waals surface area contributed by atoms with Gasteiger partial charge in [0.2, 0.25) is 10.0 Å². The molecule has 90 valence electrons. The van der Waals surface area contributed by atoms with E-state index in [4.69, 9.17) is 11.6 Å². The Morgan fingerprint density at radius 2 is 2.13 bits per heavy atom. The van der Waals surface area contributed by atoms with Crippen LogP contribution < -0.4 is 4.72 Å². The van der Waals surface area contributed by atoms with E-state index in [1.54, 1.807) is 13.8 Å². The van der Waals surface area contributed by atoms with E-state index in [-0.39, 0.29) is 12.1 Å². The van der Waals surface area contributed by atoms with Crippen molar-refractivity contribution in [3.8, 4) is 0 Å². The number of nitrogens with one attached hydrogen (secondary N) is 1. The second-order valence-electron chi connectivity index (χ2n) is 4.48. The molecule has 0 aromatic rings. The van der Waals surface area contributed by atoms with Crippen LogP contribution in [0.2, 0.25) is 0 Å². The van der Waals surface area contributed by atoms with Crippen molar-refractivity contribution < 1.29 is 13.6 Å². The molecule has 1 saturated heterocycles. The highest BCUT2D eigenvalue weighted by Crippen LogP contribution is 2.32. The molecular formula is C8H17ClN2O3S. The summed E-state index contributed by atoms with van der Waals surface area (Å²) in [5.74, 6) is 0. The van der Waals surface area contributed by atoms with Gasteiger partial charge in [0, 0.05) is 12.1 Å². The SMILES string of the molecule is CC1CC(NS(=O)(=O)CCl)C(C)(C)N1O. The van der Waals surface area contributed by atoms with Crippen LogP contribution in [0.3, 0.4) is 0 Å². The molecule has 0 aromatic carbocycles. The molecule has 0 aromatic heterocycles. The Kier molecular flexibility index (Phi) is 3.67. The highest BCUT2D eigenvalue weighted by molar-refractivity contribution is 7.90. The van der Waals surface area contributed by atoms with Gasteiger partial charge in [-0.05, 0) is 27.2 Å². The predicted octanol–water partition coefficient (Wildman–Crippen LogP) is 0.733. The summed E-state index contributed by atoms with van der Waals surface area (Å²) < 4.78 is 25.1. The molecule has 1 rings (SSSR count). The Morgan fingerprint density at radius 1 is 1.60 bits per heavy atom. The van der Waals surface area contributed by atoms with E-state index in [1.807, 2.05) is 6.92 Å². The molecule has 1 aliphatic rings. The Morgan fingerprint density at radius 3 is 2.47 bits per heavy atom. The molecule has 15 heavy (non-hydrogen) atoms. The molecule has 2 unspecified atom stereocenters. The van der Waals surface area contributed by atoms with Crippen molar-refractivity contribution in [1.29, 1.82) is 0 Å². The van der Waals surface area contributed by atoms with Crippen LogP contribution in [0, 0.1) is 0 Å². The molecule has 5 nitrogen and oxygen atoms in total. The molecule has 1 fully saturated rings. The largest absolute Gasteiger partial charge is 0.313 e. The maximum Gasteiger partial charge on any atom is 0.225 e. The Bertz CT molecular complexity index is 331. The van der Waals surface area contributed by atoms with E-state index in [1.165, 1.54) is 5.06 Å². The number of hydrogen-bond donors (Lipinski definition) is 2. The van der Waals surface area contributed by atoms with Crippen molar-refractivity contribution in [3.63, 3.8) is 0 Å². The van der Waals surface area contributed by atoms with Gasteiger partial charge in [0.05, 0.1) is 5.54 Å². The van der Waals surface area contributed by atoms with Gasteiger partial charge in [-0.15, -0.1) is 11.6 Å². The fourth-order valence-electron chi connectivity index (χ4n) is 1.90. The Balaban J connectivity index is 2.81. The van der Waals surface area contributed by atoms with Crippen molar-refractivity contribution in [2.75, 3.05) is 5.21 Å². The fourth-order valence-corrected chi connectivity index (χ4v) is 2.97. The van der Waals surface area contributed by atoms with Crippen LogP contribution >= 0.6 is 11.6 Å². The summed E-state index contributed by atoms with van der Waals surface area (Å²) in [4.78, 5) is 0. The topological polar surface area (TPSA) is 69.6 Å². The number of hydroxylamine groups is 2. The second-order valence-corrected chi connectivity index (χ2v) is 6.82. The maximum atomic E-state index is 11.3. The van der Waals surface area contributed by atoms with Gasteiger partial charge >= 0.3 is 0 Å². The minimum absolute atomic E-state index is 0.0666. The fraction of sp³-hybridized carbons (Fsp3) is 1.00. The molecule has 0 saturated carbocycles. The van der Waals surface area contributed by atoms with E-state index >= 15 is 0 Å². The van der Waals surface area contributed by atoms with Crippen LogP contribution in [-0.4, -0.2) is 41.5 Å². The summed E-state index contributed by atoms with van der Waals surface area (Å²) in [5, 5.41) is 10.5. The van der Waals surface area contributed by atoms with Crippen molar-refractivity contribution in [3.05, 3.63) is 0 Å². The predicted molar refractivity (Wildman–Crippen MR) is 58.3 cm³/mol. The van der Waals surface area contributed by atoms with Crippen LogP contribution in [0.15, 0.2) is 0 Å². The summed E-state index contributed by atoms with van der Waals surface area (Å²) in [7, 11) is -3.44. The summed E-state index contributed by atoms with van der Waals surface area (Å²) in [6, 6.07) is -0.385. The third-order valence-corrected chi connectivity index (χ3v) is 4.70. The lowest BCUT2D eigenvalue weighted by atomic mass is 9.98. The van der Waals surface area contributed by atoms with Gasteiger partial charge in [0.25, 0.3) is 0 Å². The molecule has 0 aliphatic carbocycles. The van der Waals surface area contributed by atoms with Gasteiger partial charge in [-0.25, -0.2) is 13.1 Å². The molecule has 7 heteroatoms. The van der Waals surface area contributed by atoms with Gasteiger partial charge in [-0.2, -0.15) is 5.06 Å². The lowest BCUT2D eigenvalue weighted by molar-refractivity contribution is -0.162. The van der Waals surface area contributed by atoms with Crippen molar-refractivity contribution in [2.24, 2.45) is 0 Å². The van der Waals surface area contributed by atoms with Crippen molar-refractivity contribution in [1.82, 2.24) is 9.79 Å². The zero-order valence-electron chi connectivity index (χ0n) is 9.07. The highest BCUT2D eigenvalue weighted by atomic mass is 35.5.